The molecule has 2 heterocycles. The second-order valence-corrected chi connectivity index (χ2v) is 9.68. The van der Waals surface area contributed by atoms with E-state index < -0.39 is 9.84 Å². The van der Waals surface area contributed by atoms with E-state index in [1.807, 2.05) is 24.3 Å². The van der Waals surface area contributed by atoms with Gasteiger partial charge in [-0.1, -0.05) is 35.9 Å². The lowest BCUT2D eigenvalue weighted by Crippen LogP contribution is -2.06. The predicted octanol–water partition coefficient (Wildman–Crippen LogP) is 4.54. The van der Waals surface area contributed by atoms with Gasteiger partial charge in [-0.3, -0.25) is 0 Å². The summed E-state index contributed by atoms with van der Waals surface area (Å²) in [5.41, 5.74) is 8.54. The summed E-state index contributed by atoms with van der Waals surface area (Å²) in [6, 6.07) is 20.3. The Morgan fingerprint density at radius 3 is 2.32 bits per heavy atom. The maximum absolute atomic E-state index is 13.6. The third kappa shape index (κ3) is 3.64. The molecule has 10 heteroatoms. The third-order valence-corrected chi connectivity index (χ3v) is 7.36. The Kier molecular flexibility index (Phi) is 5.43. The van der Waals surface area contributed by atoms with Crippen LogP contribution in [0.3, 0.4) is 0 Å². The van der Waals surface area contributed by atoms with Gasteiger partial charge in [0, 0.05) is 10.6 Å². The molecule has 5 rings (SSSR count). The highest BCUT2D eigenvalue weighted by Gasteiger charge is 2.30. The zero-order chi connectivity index (χ0) is 23.9. The van der Waals surface area contributed by atoms with Crippen LogP contribution in [0, 0.1) is 0 Å². The molecule has 0 aliphatic carbocycles. The lowest BCUT2D eigenvalue weighted by Gasteiger charge is -2.05. The quantitative estimate of drug-likeness (QED) is 0.361. The molecule has 3 aromatic carbocycles. The number of halogens is 1. The number of anilines is 1. The van der Waals surface area contributed by atoms with Crippen molar-refractivity contribution in [2.24, 2.45) is 5.10 Å². The van der Waals surface area contributed by atoms with Gasteiger partial charge in [0.1, 0.15) is 22.0 Å². The van der Waals surface area contributed by atoms with Gasteiger partial charge in [0.25, 0.3) is 0 Å². The second kappa shape index (κ2) is 8.44. The first kappa shape index (κ1) is 21.9. The lowest BCUT2D eigenvalue weighted by molar-refractivity contribution is 0.414. The minimum atomic E-state index is -4.06. The fraction of sp³-hybridized carbons (Fsp3) is 0.0417. The highest BCUT2D eigenvalue weighted by Crippen LogP contribution is 2.35. The number of rotatable bonds is 5. The van der Waals surface area contributed by atoms with Crippen molar-refractivity contribution in [1.29, 1.82) is 0 Å². The van der Waals surface area contributed by atoms with Gasteiger partial charge in [-0.15, -0.1) is 0 Å². The number of nitrogens with zero attached hydrogens (tertiary/aromatic N) is 4. The standard InChI is InChI=1S/C24H18ClN5O3S/c1-33-20-9-5-2-6-15(20)14-27-30-23(26)22(34(31,32)17-12-10-16(25)11-13-17)21-24(30)29-19-8-4-3-7-18(19)28-21/h2-14H,26H2,1H3/b27-14-. The van der Waals surface area contributed by atoms with Gasteiger partial charge in [-0.05, 0) is 48.5 Å². The van der Waals surface area contributed by atoms with E-state index in [2.05, 4.69) is 15.1 Å². The van der Waals surface area contributed by atoms with Crippen LogP contribution in [-0.2, 0) is 9.84 Å². The van der Waals surface area contributed by atoms with E-state index in [1.165, 1.54) is 35.2 Å². The van der Waals surface area contributed by atoms with Crippen LogP contribution in [0.4, 0.5) is 5.82 Å². The van der Waals surface area contributed by atoms with Crippen molar-refractivity contribution in [3.8, 4) is 5.75 Å². The number of sulfone groups is 1. The van der Waals surface area contributed by atoms with Crippen LogP contribution in [0.25, 0.3) is 22.2 Å². The fourth-order valence-corrected chi connectivity index (χ4v) is 5.24. The number of nitrogens with two attached hydrogens (primary N) is 1. The summed E-state index contributed by atoms with van der Waals surface area (Å²) in [7, 11) is -2.51. The van der Waals surface area contributed by atoms with E-state index in [9.17, 15) is 8.42 Å². The number of fused-ring (bicyclic) bond motifs is 2. The summed E-state index contributed by atoms with van der Waals surface area (Å²) in [5, 5.41) is 4.88. The van der Waals surface area contributed by atoms with Crippen LogP contribution in [0.1, 0.15) is 5.56 Å². The number of ether oxygens (including phenoxy) is 1. The number of nitrogen functional groups attached to an aromatic ring is 1. The molecule has 0 unspecified atom stereocenters. The summed E-state index contributed by atoms with van der Waals surface area (Å²) < 4.78 is 33.9. The first-order valence-corrected chi connectivity index (χ1v) is 12.0. The Hall–Kier alpha value is -3.95. The van der Waals surface area contributed by atoms with Crippen molar-refractivity contribution in [2.45, 2.75) is 9.79 Å². The van der Waals surface area contributed by atoms with Gasteiger partial charge in [-0.2, -0.15) is 9.78 Å². The summed E-state index contributed by atoms with van der Waals surface area (Å²) in [6.45, 7) is 0. The third-order valence-electron chi connectivity index (χ3n) is 5.27. The van der Waals surface area contributed by atoms with Crippen molar-refractivity contribution in [2.75, 3.05) is 12.8 Å². The molecule has 0 saturated heterocycles. The van der Waals surface area contributed by atoms with E-state index in [-0.39, 0.29) is 26.8 Å². The highest BCUT2D eigenvalue weighted by atomic mass is 35.5. The molecule has 0 aliphatic rings. The molecule has 0 radical (unpaired) electrons. The molecule has 2 N–H and O–H groups in total. The summed E-state index contributed by atoms with van der Waals surface area (Å²) in [5.74, 6) is 0.498. The molecule has 2 aromatic heterocycles. The van der Waals surface area contributed by atoms with E-state index in [0.717, 1.165) is 0 Å². The Labute approximate surface area is 200 Å². The number of para-hydroxylation sites is 3. The minimum absolute atomic E-state index is 0.0336. The van der Waals surface area contributed by atoms with E-state index in [1.54, 1.807) is 31.4 Å². The Balaban J connectivity index is 1.79. The minimum Gasteiger partial charge on any atom is -0.496 e. The predicted molar refractivity (Wildman–Crippen MR) is 132 cm³/mol. The van der Waals surface area contributed by atoms with Crippen LogP contribution in [-0.4, -0.2) is 36.4 Å². The average Bonchev–Trinajstić information content (AvgIpc) is 3.12. The molecule has 0 atom stereocenters. The monoisotopic (exact) mass is 491 g/mol. The van der Waals surface area contributed by atoms with Crippen molar-refractivity contribution >= 4 is 55.7 Å². The van der Waals surface area contributed by atoms with Crippen LogP contribution in [0.15, 0.2) is 87.7 Å². The summed E-state index contributed by atoms with van der Waals surface area (Å²) >= 11 is 5.95. The molecule has 0 amide bonds. The average molecular weight is 492 g/mol. The molecule has 5 aromatic rings. The zero-order valence-corrected chi connectivity index (χ0v) is 19.5. The van der Waals surface area contributed by atoms with E-state index in [0.29, 0.717) is 27.4 Å². The van der Waals surface area contributed by atoms with Gasteiger partial charge in [0.2, 0.25) is 9.84 Å². The molecule has 0 spiro atoms. The largest absolute Gasteiger partial charge is 0.496 e. The van der Waals surface area contributed by atoms with E-state index in [4.69, 9.17) is 22.1 Å². The molecule has 0 fully saturated rings. The van der Waals surface area contributed by atoms with Crippen molar-refractivity contribution < 1.29 is 13.2 Å². The van der Waals surface area contributed by atoms with Gasteiger partial charge in [0.15, 0.2) is 5.65 Å². The number of hydrogen-bond donors (Lipinski definition) is 1. The SMILES string of the molecule is COc1ccccc1/C=N\n1c(N)c(S(=O)(=O)c2ccc(Cl)cc2)c2nc3ccccc3nc21. The van der Waals surface area contributed by atoms with Crippen LogP contribution in [0.2, 0.25) is 5.02 Å². The van der Waals surface area contributed by atoms with Crippen LogP contribution in [0.5, 0.6) is 5.75 Å². The lowest BCUT2D eigenvalue weighted by atomic mass is 10.2. The molecular weight excluding hydrogens is 474 g/mol. The summed E-state index contributed by atoms with van der Waals surface area (Å²) in [4.78, 5) is 9.08. The molecular formula is C24H18ClN5O3S. The highest BCUT2D eigenvalue weighted by molar-refractivity contribution is 7.92. The molecule has 8 nitrogen and oxygen atoms in total. The Morgan fingerprint density at radius 2 is 1.62 bits per heavy atom. The topological polar surface area (TPSA) is 112 Å². The first-order valence-electron chi connectivity index (χ1n) is 10.1. The number of aromatic nitrogens is 3. The normalized spacial score (nSPS) is 12.1. The van der Waals surface area contributed by atoms with Gasteiger partial charge in [0.05, 0.1) is 29.3 Å². The number of methoxy groups -OCH3 is 1. The van der Waals surface area contributed by atoms with Crippen molar-refractivity contribution in [3.63, 3.8) is 0 Å². The Morgan fingerprint density at radius 1 is 0.971 bits per heavy atom. The van der Waals surface area contributed by atoms with Crippen molar-refractivity contribution in [1.82, 2.24) is 14.6 Å². The van der Waals surface area contributed by atoms with E-state index >= 15 is 0 Å². The number of hydrogen-bond acceptors (Lipinski definition) is 7. The van der Waals surface area contributed by atoms with Gasteiger partial charge in [-0.25, -0.2) is 18.4 Å². The van der Waals surface area contributed by atoms with Crippen molar-refractivity contribution in [3.05, 3.63) is 83.4 Å². The molecule has 0 aliphatic heterocycles. The number of benzene rings is 3. The van der Waals surface area contributed by atoms with Crippen LogP contribution >= 0.6 is 11.6 Å². The van der Waals surface area contributed by atoms with Crippen LogP contribution < -0.4 is 10.5 Å². The maximum Gasteiger partial charge on any atom is 0.212 e. The Bertz CT molecular complexity index is 1680. The van der Waals surface area contributed by atoms with Gasteiger partial charge < -0.3 is 10.5 Å². The van der Waals surface area contributed by atoms with Gasteiger partial charge >= 0.3 is 0 Å². The second-order valence-electron chi connectivity index (χ2n) is 7.35. The molecule has 0 bridgehead atoms. The maximum atomic E-state index is 13.6. The zero-order valence-electron chi connectivity index (χ0n) is 17.9. The smallest absolute Gasteiger partial charge is 0.212 e. The first-order chi connectivity index (χ1) is 16.4. The molecule has 170 valence electrons. The fourth-order valence-electron chi connectivity index (χ4n) is 3.63. The summed E-state index contributed by atoms with van der Waals surface area (Å²) in [6.07, 6.45) is 1.53. The molecule has 34 heavy (non-hydrogen) atoms. The molecule has 0 saturated carbocycles.